The number of quaternary nitrogens is 3. The highest BCUT2D eigenvalue weighted by molar-refractivity contribution is 5.15. The van der Waals surface area contributed by atoms with Gasteiger partial charge in [-0.05, 0) is 0 Å². The van der Waals surface area contributed by atoms with Gasteiger partial charge in [0, 0.05) is 75.6 Å². The normalized spacial score (nSPS) is 22.8. The average Bonchev–Trinajstić information content (AvgIpc) is 3.12. The largest absolute Gasteiger partial charge is 0.386 e. The van der Waals surface area contributed by atoms with E-state index in [2.05, 4.69) is 99.6 Å². The molecular weight excluding hydrogens is 653 g/mol. The number of nitrogens with two attached hydrogens (primary N) is 2. The lowest BCUT2D eigenvalue weighted by molar-refractivity contribution is -0.956. The van der Waals surface area contributed by atoms with Crippen LogP contribution in [-0.2, 0) is 19.6 Å². The van der Waals surface area contributed by atoms with Crippen LogP contribution in [0.25, 0.3) is 0 Å². The molecule has 3 aromatic rings. The minimum atomic E-state index is -0.826. The van der Waals surface area contributed by atoms with Gasteiger partial charge in [-0.2, -0.15) is 5.84 Å². The third-order valence-electron chi connectivity index (χ3n) is 11.9. The van der Waals surface area contributed by atoms with E-state index in [9.17, 15) is 15.3 Å². The lowest BCUT2D eigenvalue weighted by Gasteiger charge is -2.48. The molecule has 0 saturated carbocycles. The number of β-amino-alcohol motifs (C(OH)–C–C–N with tert-alkyl or cyclic N) is 3. The highest BCUT2D eigenvalue weighted by atomic mass is 16.3. The molecule has 0 aliphatic carbocycles. The highest BCUT2D eigenvalue weighted by Crippen LogP contribution is 2.24. The summed E-state index contributed by atoms with van der Waals surface area (Å²) >= 11 is 0. The highest BCUT2D eigenvalue weighted by Gasteiger charge is 2.40. The fraction of sp³-hybridized carbons (Fsp3) is 0.561. The van der Waals surface area contributed by atoms with E-state index in [0.29, 0.717) is 30.8 Å². The topological polar surface area (TPSA) is 122 Å². The van der Waals surface area contributed by atoms with Crippen LogP contribution in [0, 0.1) is 0 Å². The van der Waals surface area contributed by atoms with Crippen LogP contribution >= 0.6 is 0 Å². The third-order valence-corrected chi connectivity index (χ3v) is 11.9. The SMILES string of the molecule is NC(O)CN1CC[N+](Cc2ccccc2)(CC(O)CN2CC[N+](Cc3ccccc3)(CC(O)CN3CC[N+](N)(Cc4ccccc4)CC3)CC2)CC1. The zero-order valence-corrected chi connectivity index (χ0v) is 31.2. The second kappa shape index (κ2) is 18.0. The first kappa shape index (κ1) is 38.9. The second-order valence-corrected chi connectivity index (χ2v) is 16.3. The summed E-state index contributed by atoms with van der Waals surface area (Å²) in [4.78, 5) is 7.08. The van der Waals surface area contributed by atoms with Crippen LogP contribution in [0.4, 0.5) is 0 Å². The summed E-state index contributed by atoms with van der Waals surface area (Å²) in [6, 6.07) is 31.9. The van der Waals surface area contributed by atoms with Crippen molar-refractivity contribution in [2.75, 3.05) is 111 Å². The minimum Gasteiger partial charge on any atom is -0.386 e. The number of nitrogens with zero attached hydrogens (tertiary/aromatic N) is 6. The quantitative estimate of drug-likeness (QED) is 0.0841. The molecule has 3 unspecified atom stereocenters. The molecule has 0 radical (unpaired) electrons. The van der Waals surface area contributed by atoms with E-state index in [1.807, 2.05) is 6.07 Å². The van der Waals surface area contributed by atoms with Gasteiger partial charge in [0.05, 0.1) is 26.2 Å². The summed E-state index contributed by atoms with van der Waals surface area (Å²) in [6.45, 7) is 16.6. The molecular formula is C41H65N8O3+3. The van der Waals surface area contributed by atoms with Gasteiger partial charge in [-0.3, -0.25) is 14.7 Å². The van der Waals surface area contributed by atoms with Crippen molar-refractivity contribution in [3.63, 3.8) is 0 Å². The number of hydrogen-bond donors (Lipinski definition) is 5. The van der Waals surface area contributed by atoms with Crippen molar-refractivity contribution in [1.82, 2.24) is 14.7 Å². The minimum absolute atomic E-state index is 0.422. The Morgan fingerprint density at radius 3 is 1.17 bits per heavy atom. The maximum absolute atomic E-state index is 11.6. The van der Waals surface area contributed by atoms with Gasteiger partial charge in [0.1, 0.15) is 64.2 Å². The molecule has 6 rings (SSSR count). The molecule has 0 spiro atoms. The van der Waals surface area contributed by atoms with Gasteiger partial charge in [-0.25, -0.2) is 4.59 Å². The summed E-state index contributed by atoms with van der Waals surface area (Å²) in [5, 5.41) is 33.0. The predicted molar refractivity (Wildman–Crippen MR) is 206 cm³/mol. The van der Waals surface area contributed by atoms with Gasteiger partial charge < -0.3 is 30.0 Å². The molecule has 3 aliphatic heterocycles. The van der Waals surface area contributed by atoms with E-state index in [-0.39, 0.29) is 0 Å². The molecule has 3 atom stereocenters. The van der Waals surface area contributed by atoms with E-state index in [1.54, 1.807) is 0 Å². The lowest BCUT2D eigenvalue weighted by Crippen LogP contribution is -2.65. The van der Waals surface area contributed by atoms with Crippen molar-refractivity contribution in [2.45, 2.75) is 38.1 Å². The molecule has 0 amide bonds. The van der Waals surface area contributed by atoms with Gasteiger partial charge in [-0.1, -0.05) is 91.0 Å². The Labute approximate surface area is 311 Å². The maximum atomic E-state index is 11.6. The summed E-state index contributed by atoms with van der Waals surface area (Å²) < 4.78 is 2.24. The molecule has 7 N–H and O–H groups in total. The van der Waals surface area contributed by atoms with E-state index in [4.69, 9.17) is 11.6 Å². The number of hydrogen-bond acceptors (Lipinski definition) is 8. The van der Waals surface area contributed by atoms with Gasteiger partial charge in [0.15, 0.2) is 0 Å². The molecule has 0 aromatic heterocycles. The number of rotatable bonds is 16. The van der Waals surface area contributed by atoms with Gasteiger partial charge in [-0.15, -0.1) is 0 Å². The molecule has 284 valence electrons. The second-order valence-electron chi connectivity index (χ2n) is 16.3. The number of aliphatic hydroxyl groups is 3. The van der Waals surface area contributed by atoms with Crippen LogP contribution in [0.3, 0.4) is 0 Å². The van der Waals surface area contributed by atoms with Crippen LogP contribution in [0.15, 0.2) is 91.0 Å². The summed E-state index contributed by atoms with van der Waals surface area (Å²) in [7, 11) is 0. The van der Waals surface area contributed by atoms with Crippen molar-refractivity contribution in [3.8, 4) is 0 Å². The Kier molecular flexibility index (Phi) is 13.5. The van der Waals surface area contributed by atoms with Crippen molar-refractivity contribution in [3.05, 3.63) is 108 Å². The molecule has 3 heterocycles. The summed E-state index contributed by atoms with van der Waals surface area (Å²) in [5.41, 5.74) is 9.57. The van der Waals surface area contributed by atoms with Gasteiger partial charge in [0.2, 0.25) is 0 Å². The Morgan fingerprint density at radius 1 is 0.481 bits per heavy atom. The van der Waals surface area contributed by atoms with Crippen molar-refractivity contribution < 1.29 is 28.9 Å². The molecule has 0 bridgehead atoms. The average molecular weight is 718 g/mol. The first-order chi connectivity index (χ1) is 25.1. The molecule has 11 heteroatoms. The lowest BCUT2D eigenvalue weighted by atomic mass is 10.1. The van der Waals surface area contributed by atoms with E-state index >= 15 is 0 Å². The van der Waals surface area contributed by atoms with Gasteiger partial charge in [0.25, 0.3) is 0 Å². The summed E-state index contributed by atoms with van der Waals surface area (Å²) in [5.74, 6) is 6.81. The molecule has 11 nitrogen and oxygen atoms in total. The third kappa shape index (κ3) is 11.4. The Morgan fingerprint density at radius 2 is 0.808 bits per heavy atom. The Bertz CT molecular complexity index is 1460. The van der Waals surface area contributed by atoms with Gasteiger partial charge >= 0.3 is 0 Å². The number of benzene rings is 3. The van der Waals surface area contributed by atoms with Crippen LogP contribution in [0.1, 0.15) is 16.7 Å². The number of piperazine rings is 3. The van der Waals surface area contributed by atoms with Crippen LogP contribution in [0.5, 0.6) is 0 Å². The monoisotopic (exact) mass is 718 g/mol. The van der Waals surface area contributed by atoms with Crippen LogP contribution < -0.4 is 11.6 Å². The summed E-state index contributed by atoms with van der Waals surface area (Å²) in [6.07, 6.45) is -1.69. The Balaban J connectivity index is 1.03. The standard InChI is InChI=1S/C41H65N8O3/c42-41(52)30-46-18-24-48(25-19-46,32-37-12-6-2-7-13-37)34-39(50)28-44-16-22-47(23-17-44,31-36-10-4-1-5-11-36)35-40(51)29-45-20-26-49(43,27-21-45)33-38-14-8-3-9-15-38/h1-15,39-41,50-52H,16-35,42-43H2/q+3. The van der Waals surface area contributed by atoms with Crippen molar-refractivity contribution >= 4 is 0 Å². The van der Waals surface area contributed by atoms with E-state index in [1.165, 1.54) is 16.7 Å². The zero-order chi connectivity index (χ0) is 36.4. The smallest absolute Gasteiger partial charge is 0.122 e. The van der Waals surface area contributed by atoms with Crippen LogP contribution in [0.2, 0.25) is 0 Å². The Hall–Kier alpha value is -2.78. The molecule has 52 heavy (non-hydrogen) atoms. The van der Waals surface area contributed by atoms with E-state index < -0.39 is 18.4 Å². The molecule has 3 fully saturated rings. The number of aliphatic hydroxyl groups excluding tert-OH is 3. The molecule has 3 aromatic carbocycles. The molecule has 3 aliphatic rings. The zero-order valence-electron chi connectivity index (χ0n) is 31.2. The van der Waals surface area contributed by atoms with E-state index in [0.717, 1.165) is 114 Å². The molecule has 3 saturated heterocycles. The first-order valence-electron chi connectivity index (χ1n) is 19.5. The predicted octanol–water partition coefficient (Wildman–Crippen LogP) is 0.857. The fourth-order valence-corrected chi connectivity index (χ4v) is 9.04. The fourth-order valence-electron chi connectivity index (χ4n) is 9.04. The van der Waals surface area contributed by atoms with Crippen molar-refractivity contribution in [2.24, 2.45) is 11.6 Å². The van der Waals surface area contributed by atoms with Crippen LogP contribution in [-0.4, -0.2) is 173 Å². The maximum Gasteiger partial charge on any atom is 0.122 e. The van der Waals surface area contributed by atoms with Crippen molar-refractivity contribution in [1.29, 1.82) is 0 Å². The first-order valence-corrected chi connectivity index (χ1v) is 19.5.